The molecule has 0 aliphatic heterocycles. The van der Waals surface area contributed by atoms with Crippen molar-refractivity contribution < 1.29 is 8.81 Å². The third-order valence-corrected chi connectivity index (χ3v) is 2.79. The largest absolute Gasteiger partial charge is 0.469 e. The van der Waals surface area contributed by atoms with Gasteiger partial charge in [0.1, 0.15) is 11.6 Å². The topological polar surface area (TPSA) is 38.1 Å². The first-order valence-corrected chi connectivity index (χ1v) is 5.60. The average molecular weight is 234 g/mol. The van der Waals surface area contributed by atoms with Gasteiger partial charge in [-0.15, -0.1) is 0 Å². The van der Waals surface area contributed by atoms with E-state index in [0.717, 1.165) is 18.6 Å². The van der Waals surface area contributed by atoms with Gasteiger partial charge in [0.25, 0.3) is 0 Å². The number of furan rings is 1. The van der Waals surface area contributed by atoms with Crippen LogP contribution in [0, 0.1) is 5.82 Å². The molecule has 0 spiro atoms. The summed E-state index contributed by atoms with van der Waals surface area (Å²) in [5.74, 6) is 0.644. The van der Waals surface area contributed by atoms with E-state index in [1.165, 1.54) is 6.20 Å². The van der Waals surface area contributed by atoms with Crippen molar-refractivity contribution in [2.24, 2.45) is 0 Å². The number of nitrogens with one attached hydrogen (secondary N) is 1. The monoisotopic (exact) mass is 234 g/mol. The molecule has 0 radical (unpaired) electrons. The molecular formula is C13H15FN2O. The number of hydrogen-bond acceptors (Lipinski definition) is 3. The third kappa shape index (κ3) is 2.91. The molecule has 1 unspecified atom stereocenters. The standard InChI is InChI=1S/C13H15FN2O/c1-15-13(5-4-10-3-2-8-17-10)11-6-7-16-9-12(11)14/h2-3,6-9,13,15H,4-5H2,1H3. The predicted octanol–water partition coefficient (Wildman–Crippen LogP) is 2.71. The van der Waals surface area contributed by atoms with Gasteiger partial charge in [-0.25, -0.2) is 4.39 Å². The van der Waals surface area contributed by atoms with Crippen molar-refractivity contribution in [3.8, 4) is 0 Å². The van der Waals surface area contributed by atoms with Crippen LogP contribution in [0.2, 0.25) is 0 Å². The zero-order valence-corrected chi connectivity index (χ0v) is 9.69. The zero-order valence-electron chi connectivity index (χ0n) is 9.69. The summed E-state index contributed by atoms with van der Waals surface area (Å²) in [4.78, 5) is 3.75. The quantitative estimate of drug-likeness (QED) is 0.864. The van der Waals surface area contributed by atoms with Gasteiger partial charge in [0.05, 0.1) is 12.5 Å². The van der Waals surface area contributed by atoms with E-state index in [1.807, 2.05) is 19.2 Å². The Hall–Kier alpha value is -1.68. The smallest absolute Gasteiger partial charge is 0.146 e. The second-order valence-corrected chi connectivity index (χ2v) is 3.86. The van der Waals surface area contributed by atoms with E-state index >= 15 is 0 Å². The Morgan fingerprint density at radius 3 is 3.00 bits per heavy atom. The van der Waals surface area contributed by atoms with Crippen molar-refractivity contribution in [3.05, 3.63) is 54.0 Å². The molecule has 2 aromatic rings. The maximum absolute atomic E-state index is 13.6. The Labute approximate surface area is 99.7 Å². The molecule has 1 N–H and O–H groups in total. The highest BCUT2D eigenvalue weighted by molar-refractivity contribution is 5.17. The maximum Gasteiger partial charge on any atom is 0.146 e. The van der Waals surface area contributed by atoms with Gasteiger partial charge in [-0.1, -0.05) is 0 Å². The van der Waals surface area contributed by atoms with E-state index in [2.05, 4.69) is 10.3 Å². The van der Waals surface area contributed by atoms with Gasteiger partial charge in [0.15, 0.2) is 0 Å². The summed E-state index contributed by atoms with van der Waals surface area (Å²) in [6.45, 7) is 0. The molecule has 0 aromatic carbocycles. The Balaban J connectivity index is 2.04. The molecule has 0 bridgehead atoms. The molecule has 0 amide bonds. The van der Waals surface area contributed by atoms with Gasteiger partial charge >= 0.3 is 0 Å². The molecule has 0 fully saturated rings. The lowest BCUT2D eigenvalue weighted by atomic mass is 10.0. The predicted molar refractivity (Wildman–Crippen MR) is 63.0 cm³/mol. The summed E-state index contributed by atoms with van der Waals surface area (Å²) in [6.07, 6.45) is 6.06. The normalized spacial score (nSPS) is 12.6. The lowest BCUT2D eigenvalue weighted by Gasteiger charge is -2.16. The Morgan fingerprint density at radius 2 is 2.35 bits per heavy atom. The fourth-order valence-corrected chi connectivity index (χ4v) is 1.87. The van der Waals surface area contributed by atoms with Crippen LogP contribution >= 0.6 is 0 Å². The fourth-order valence-electron chi connectivity index (χ4n) is 1.87. The van der Waals surface area contributed by atoms with Gasteiger partial charge in [-0.2, -0.15) is 0 Å². The number of rotatable bonds is 5. The fraction of sp³-hybridized carbons (Fsp3) is 0.308. The molecule has 2 aromatic heterocycles. The van der Waals surface area contributed by atoms with Crippen LogP contribution in [-0.2, 0) is 6.42 Å². The van der Waals surface area contributed by atoms with Crippen molar-refractivity contribution >= 4 is 0 Å². The second-order valence-electron chi connectivity index (χ2n) is 3.86. The van der Waals surface area contributed by atoms with Crippen LogP contribution < -0.4 is 5.32 Å². The number of halogens is 1. The van der Waals surface area contributed by atoms with Crippen molar-refractivity contribution in [2.45, 2.75) is 18.9 Å². The molecule has 1 atom stereocenters. The number of nitrogens with zero attached hydrogens (tertiary/aromatic N) is 1. The van der Waals surface area contributed by atoms with Crippen LogP contribution in [0.1, 0.15) is 23.8 Å². The van der Waals surface area contributed by atoms with Gasteiger partial charge < -0.3 is 9.73 Å². The Morgan fingerprint density at radius 1 is 1.47 bits per heavy atom. The highest BCUT2D eigenvalue weighted by Crippen LogP contribution is 2.20. The average Bonchev–Trinajstić information content (AvgIpc) is 2.85. The minimum absolute atomic E-state index is 0.0249. The highest BCUT2D eigenvalue weighted by Gasteiger charge is 2.14. The summed E-state index contributed by atoms with van der Waals surface area (Å²) >= 11 is 0. The highest BCUT2D eigenvalue weighted by atomic mass is 19.1. The van der Waals surface area contributed by atoms with Crippen molar-refractivity contribution in [3.63, 3.8) is 0 Å². The minimum Gasteiger partial charge on any atom is -0.469 e. The lowest BCUT2D eigenvalue weighted by molar-refractivity contribution is 0.458. The molecule has 3 nitrogen and oxygen atoms in total. The Kier molecular flexibility index (Phi) is 3.88. The molecule has 0 aliphatic carbocycles. The molecule has 0 aliphatic rings. The molecular weight excluding hydrogens is 219 g/mol. The second kappa shape index (κ2) is 5.59. The molecule has 90 valence electrons. The Bertz CT molecular complexity index is 456. The molecule has 0 saturated carbocycles. The van der Waals surface area contributed by atoms with E-state index in [4.69, 9.17) is 4.42 Å². The first-order chi connectivity index (χ1) is 8.31. The van der Waals surface area contributed by atoms with Gasteiger partial charge in [-0.3, -0.25) is 4.98 Å². The van der Waals surface area contributed by atoms with Crippen molar-refractivity contribution in [1.82, 2.24) is 10.3 Å². The molecule has 17 heavy (non-hydrogen) atoms. The van der Waals surface area contributed by atoms with Gasteiger partial charge in [-0.05, 0) is 31.7 Å². The van der Waals surface area contributed by atoms with Gasteiger partial charge in [0, 0.05) is 24.2 Å². The minimum atomic E-state index is -0.272. The van der Waals surface area contributed by atoms with E-state index in [9.17, 15) is 4.39 Å². The lowest BCUT2D eigenvalue weighted by Crippen LogP contribution is -2.18. The summed E-state index contributed by atoms with van der Waals surface area (Å²) in [5, 5.41) is 3.11. The molecule has 2 rings (SSSR count). The third-order valence-electron chi connectivity index (χ3n) is 2.79. The summed E-state index contributed by atoms with van der Waals surface area (Å²) in [6, 6.07) is 5.47. The number of hydrogen-bond donors (Lipinski definition) is 1. The van der Waals surface area contributed by atoms with Crippen LogP contribution in [0.15, 0.2) is 41.3 Å². The van der Waals surface area contributed by atoms with E-state index in [-0.39, 0.29) is 11.9 Å². The zero-order chi connectivity index (χ0) is 12.1. The first-order valence-electron chi connectivity index (χ1n) is 5.60. The van der Waals surface area contributed by atoms with Crippen LogP contribution in [0.25, 0.3) is 0 Å². The molecule has 0 saturated heterocycles. The number of aromatic nitrogens is 1. The molecule has 2 heterocycles. The maximum atomic E-state index is 13.6. The van der Waals surface area contributed by atoms with Gasteiger partial charge in [0.2, 0.25) is 0 Å². The summed E-state index contributed by atoms with van der Waals surface area (Å²) in [7, 11) is 1.83. The summed E-state index contributed by atoms with van der Waals surface area (Å²) < 4.78 is 18.8. The summed E-state index contributed by atoms with van der Waals surface area (Å²) in [5.41, 5.74) is 0.647. The van der Waals surface area contributed by atoms with Crippen LogP contribution in [0.4, 0.5) is 4.39 Å². The first kappa shape index (κ1) is 11.8. The SMILES string of the molecule is CNC(CCc1ccco1)c1ccncc1F. The molecule has 4 heteroatoms. The van der Waals surface area contributed by atoms with Crippen LogP contribution in [-0.4, -0.2) is 12.0 Å². The van der Waals surface area contributed by atoms with E-state index < -0.39 is 0 Å². The van der Waals surface area contributed by atoms with Crippen molar-refractivity contribution in [1.29, 1.82) is 0 Å². The van der Waals surface area contributed by atoms with Crippen LogP contribution in [0.5, 0.6) is 0 Å². The number of aryl methyl sites for hydroxylation is 1. The van der Waals surface area contributed by atoms with Crippen LogP contribution in [0.3, 0.4) is 0 Å². The van der Waals surface area contributed by atoms with E-state index in [1.54, 1.807) is 18.5 Å². The van der Waals surface area contributed by atoms with E-state index in [0.29, 0.717) is 5.56 Å². The van der Waals surface area contributed by atoms with Crippen molar-refractivity contribution in [2.75, 3.05) is 7.05 Å². The number of pyridine rings is 1.